The molecule has 3 N–H and O–H groups in total. The van der Waals surface area contributed by atoms with Gasteiger partial charge in [0.2, 0.25) is 5.91 Å². The maximum atomic E-state index is 11.8. The summed E-state index contributed by atoms with van der Waals surface area (Å²) in [4.78, 5) is 33.1. The number of carbonyl (C=O) groups is 3. The van der Waals surface area contributed by atoms with Crippen LogP contribution in [0.4, 0.5) is 0 Å². The number of aliphatic carboxylic acids is 1. The lowest BCUT2D eigenvalue weighted by atomic mass is 10.1. The lowest BCUT2D eigenvalue weighted by Crippen LogP contribution is -2.41. The molecule has 0 spiro atoms. The Balaban J connectivity index is 1.77. The van der Waals surface area contributed by atoms with Gasteiger partial charge in [0.05, 0.1) is 0 Å². The predicted molar refractivity (Wildman–Crippen MR) is 70.4 cm³/mol. The molecular weight excluding hydrogens is 260 g/mol. The van der Waals surface area contributed by atoms with Gasteiger partial charge in [0.15, 0.2) is 0 Å². The summed E-state index contributed by atoms with van der Waals surface area (Å²) in [5.74, 6) is -2.14. The highest BCUT2D eigenvalue weighted by atomic mass is 16.4. The molecule has 0 aromatic heterocycles. The van der Waals surface area contributed by atoms with E-state index in [4.69, 9.17) is 5.11 Å². The van der Waals surface area contributed by atoms with E-state index in [0.717, 1.165) is 18.1 Å². The minimum absolute atomic E-state index is 0.152. The first-order valence-electron chi connectivity index (χ1n) is 6.13. The average molecular weight is 274 g/mol. The minimum Gasteiger partial charge on any atom is -0.478 e. The maximum absolute atomic E-state index is 11.8. The van der Waals surface area contributed by atoms with Crippen molar-refractivity contribution >= 4 is 17.8 Å². The molecule has 104 valence electrons. The summed E-state index contributed by atoms with van der Waals surface area (Å²) < 4.78 is 0. The number of benzene rings is 1. The fourth-order valence-electron chi connectivity index (χ4n) is 1.96. The van der Waals surface area contributed by atoms with Crippen molar-refractivity contribution in [3.63, 3.8) is 0 Å². The van der Waals surface area contributed by atoms with Gasteiger partial charge in [-0.15, -0.1) is 0 Å². The number of hydrogen-bond acceptors (Lipinski definition) is 3. The third-order valence-corrected chi connectivity index (χ3v) is 3.04. The molecule has 1 saturated carbocycles. The number of hydrazine groups is 1. The fourth-order valence-corrected chi connectivity index (χ4v) is 1.96. The molecule has 0 unspecified atom stereocenters. The number of carbonyl (C=O) groups excluding carboxylic acids is 2. The summed E-state index contributed by atoms with van der Waals surface area (Å²) in [6, 6.07) is 9.68. The third kappa shape index (κ3) is 3.68. The highest BCUT2D eigenvalue weighted by molar-refractivity contribution is 5.95. The predicted octanol–water partition coefficient (Wildman–Crippen LogP) is 0.578. The Labute approximate surface area is 115 Å². The molecule has 6 heteroatoms. The van der Waals surface area contributed by atoms with Crippen molar-refractivity contribution in [1.82, 2.24) is 10.9 Å². The molecule has 1 aromatic carbocycles. The van der Waals surface area contributed by atoms with Gasteiger partial charge in [-0.05, 0) is 17.9 Å². The molecule has 2 rings (SSSR count). The van der Waals surface area contributed by atoms with Crippen LogP contribution in [0.25, 0.3) is 0 Å². The Bertz CT molecular complexity index is 554. The molecule has 1 aliphatic rings. The van der Waals surface area contributed by atoms with Crippen molar-refractivity contribution in [2.24, 2.45) is 5.92 Å². The van der Waals surface area contributed by atoms with Crippen LogP contribution >= 0.6 is 0 Å². The van der Waals surface area contributed by atoms with Crippen LogP contribution in [-0.4, -0.2) is 22.9 Å². The van der Waals surface area contributed by atoms with Gasteiger partial charge in [-0.1, -0.05) is 30.3 Å². The maximum Gasteiger partial charge on any atom is 0.328 e. The number of nitrogens with one attached hydrogen (secondary N) is 2. The van der Waals surface area contributed by atoms with E-state index in [0.29, 0.717) is 6.08 Å². The quantitative estimate of drug-likeness (QED) is 0.553. The number of rotatable bonds is 4. The van der Waals surface area contributed by atoms with E-state index in [-0.39, 0.29) is 17.7 Å². The second-order valence-corrected chi connectivity index (χ2v) is 4.51. The molecule has 0 radical (unpaired) electrons. The van der Waals surface area contributed by atoms with Gasteiger partial charge in [-0.2, -0.15) is 0 Å². The summed E-state index contributed by atoms with van der Waals surface area (Å²) in [7, 11) is 0. The van der Waals surface area contributed by atoms with E-state index < -0.39 is 11.9 Å². The molecular formula is C14H14N2O4. The monoisotopic (exact) mass is 274 g/mol. The van der Waals surface area contributed by atoms with Crippen LogP contribution in [0.3, 0.4) is 0 Å². The van der Waals surface area contributed by atoms with Gasteiger partial charge in [-0.25, -0.2) is 4.79 Å². The van der Waals surface area contributed by atoms with E-state index in [1.807, 2.05) is 30.3 Å². The van der Waals surface area contributed by atoms with Crippen LogP contribution in [0, 0.1) is 5.92 Å². The van der Waals surface area contributed by atoms with Crippen LogP contribution < -0.4 is 10.9 Å². The van der Waals surface area contributed by atoms with Crippen LogP contribution in [0.1, 0.15) is 17.9 Å². The van der Waals surface area contributed by atoms with E-state index in [1.165, 1.54) is 0 Å². The molecule has 1 aliphatic carbocycles. The van der Waals surface area contributed by atoms with Crippen molar-refractivity contribution in [1.29, 1.82) is 0 Å². The Kier molecular flexibility index (Phi) is 4.14. The Morgan fingerprint density at radius 3 is 2.45 bits per heavy atom. The molecule has 6 nitrogen and oxygen atoms in total. The zero-order chi connectivity index (χ0) is 14.5. The van der Waals surface area contributed by atoms with Crippen molar-refractivity contribution in [3.8, 4) is 0 Å². The van der Waals surface area contributed by atoms with Crippen LogP contribution in [0.15, 0.2) is 42.5 Å². The second kappa shape index (κ2) is 6.01. The Morgan fingerprint density at radius 1 is 1.10 bits per heavy atom. The first kappa shape index (κ1) is 13.8. The van der Waals surface area contributed by atoms with Gasteiger partial charge in [0.1, 0.15) is 0 Å². The van der Waals surface area contributed by atoms with E-state index in [2.05, 4.69) is 10.9 Å². The van der Waals surface area contributed by atoms with Crippen molar-refractivity contribution in [2.75, 3.05) is 0 Å². The van der Waals surface area contributed by atoms with Gasteiger partial charge in [0.25, 0.3) is 5.91 Å². The largest absolute Gasteiger partial charge is 0.478 e. The third-order valence-electron chi connectivity index (χ3n) is 3.04. The summed E-state index contributed by atoms with van der Waals surface area (Å²) in [5, 5.41) is 8.34. The van der Waals surface area contributed by atoms with Gasteiger partial charge < -0.3 is 5.11 Å². The highest BCUT2D eigenvalue weighted by Gasteiger charge is 2.43. The van der Waals surface area contributed by atoms with Crippen molar-refractivity contribution in [3.05, 3.63) is 48.0 Å². The molecule has 0 saturated heterocycles. The zero-order valence-electron chi connectivity index (χ0n) is 10.6. The molecule has 0 aliphatic heterocycles. The lowest BCUT2D eigenvalue weighted by molar-refractivity contribution is -0.131. The smallest absolute Gasteiger partial charge is 0.328 e. The minimum atomic E-state index is -1.22. The topological polar surface area (TPSA) is 95.5 Å². The Hall–Kier alpha value is -2.63. The van der Waals surface area contributed by atoms with Crippen molar-refractivity contribution < 1.29 is 19.5 Å². The highest BCUT2D eigenvalue weighted by Crippen LogP contribution is 2.47. The number of carboxylic acid groups (broad SMARTS) is 1. The Morgan fingerprint density at radius 2 is 1.80 bits per heavy atom. The summed E-state index contributed by atoms with van der Waals surface area (Å²) in [6.07, 6.45) is 2.28. The summed E-state index contributed by atoms with van der Waals surface area (Å²) in [6.45, 7) is 0. The first-order chi connectivity index (χ1) is 9.58. The standard InChI is InChI=1S/C14H14N2O4/c17-12(6-7-13(18)19)15-16-14(20)11-8-10(11)9-4-2-1-3-5-9/h1-7,10-11H,8H2,(H,15,17)(H,16,20)(H,18,19)/t10-,11-/m1/s1. The molecule has 2 atom stereocenters. The van der Waals surface area contributed by atoms with Gasteiger partial charge >= 0.3 is 5.97 Å². The summed E-state index contributed by atoms with van der Waals surface area (Å²) in [5.41, 5.74) is 5.53. The average Bonchev–Trinajstić information content (AvgIpc) is 3.24. The number of hydrogen-bond donors (Lipinski definition) is 3. The van der Waals surface area contributed by atoms with Gasteiger partial charge in [-0.3, -0.25) is 20.4 Å². The van der Waals surface area contributed by atoms with Crippen LogP contribution in [-0.2, 0) is 14.4 Å². The van der Waals surface area contributed by atoms with E-state index >= 15 is 0 Å². The first-order valence-corrected chi connectivity index (χ1v) is 6.13. The van der Waals surface area contributed by atoms with Crippen LogP contribution in [0.5, 0.6) is 0 Å². The molecule has 2 amide bonds. The van der Waals surface area contributed by atoms with E-state index in [1.54, 1.807) is 0 Å². The number of amides is 2. The fraction of sp³-hybridized carbons (Fsp3) is 0.214. The molecule has 1 fully saturated rings. The normalized spacial score (nSPS) is 20.4. The van der Waals surface area contributed by atoms with Crippen molar-refractivity contribution in [2.45, 2.75) is 12.3 Å². The SMILES string of the molecule is O=C(O)C=CC(=O)NNC(=O)[C@@H]1C[C@@H]1c1ccccc1. The van der Waals surface area contributed by atoms with Crippen LogP contribution in [0.2, 0.25) is 0 Å². The van der Waals surface area contributed by atoms with E-state index in [9.17, 15) is 14.4 Å². The zero-order valence-corrected chi connectivity index (χ0v) is 10.6. The lowest BCUT2D eigenvalue weighted by Gasteiger charge is -2.04. The molecule has 0 bridgehead atoms. The molecule has 20 heavy (non-hydrogen) atoms. The summed E-state index contributed by atoms with van der Waals surface area (Å²) >= 11 is 0. The molecule has 0 heterocycles. The molecule has 1 aromatic rings. The second-order valence-electron chi connectivity index (χ2n) is 4.51. The van der Waals surface area contributed by atoms with Gasteiger partial charge in [0, 0.05) is 18.1 Å². The number of carboxylic acids is 1.